The summed E-state index contributed by atoms with van der Waals surface area (Å²) in [6.45, 7) is 3.83. The third-order valence-corrected chi connectivity index (χ3v) is 3.99. The number of aromatic nitrogens is 2. The van der Waals surface area contributed by atoms with Crippen LogP contribution < -0.4 is 0 Å². The lowest BCUT2D eigenvalue weighted by molar-refractivity contribution is -0.137. The van der Waals surface area contributed by atoms with E-state index in [1.165, 1.54) is 0 Å². The van der Waals surface area contributed by atoms with E-state index in [4.69, 9.17) is 9.52 Å². The molecule has 1 heterocycles. The fourth-order valence-corrected chi connectivity index (χ4v) is 2.36. The summed E-state index contributed by atoms with van der Waals surface area (Å²) in [5, 5.41) is 16.7. The van der Waals surface area contributed by atoms with E-state index in [2.05, 4.69) is 26.1 Å². The molecule has 1 aromatic carbocycles. The first-order valence-corrected chi connectivity index (χ1v) is 7.06. The van der Waals surface area contributed by atoms with Gasteiger partial charge in [0.15, 0.2) is 0 Å². The van der Waals surface area contributed by atoms with E-state index in [-0.39, 0.29) is 12.3 Å². The quantitative estimate of drug-likeness (QED) is 0.903. The molecule has 0 aliphatic rings. The SMILES string of the molecule is Cc1cccc(-c2nnc(CC(C)CC(=O)O)o2)c1Br. The van der Waals surface area contributed by atoms with Crippen LogP contribution in [-0.2, 0) is 11.2 Å². The molecule has 1 atom stereocenters. The van der Waals surface area contributed by atoms with Crippen LogP contribution in [0.3, 0.4) is 0 Å². The molecule has 0 radical (unpaired) electrons. The van der Waals surface area contributed by atoms with Gasteiger partial charge in [-0.1, -0.05) is 19.1 Å². The fraction of sp³-hybridized carbons (Fsp3) is 0.357. The van der Waals surface area contributed by atoms with Gasteiger partial charge in [-0.15, -0.1) is 10.2 Å². The minimum atomic E-state index is -0.821. The van der Waals surface area contributed by atoms with Gasteiger partial charge in [0.25, 0.3) is 0 Å². The number of nitrogens with zero attached hydrogens (tertiary/aromatic N) is 2. The first-order chi connectivity index (χ1) is 9.47. The van der Waals surface area contributed by atoms with Crippen molar-refractivity contribution >= 4 is 21.9 Å². The predicted octanol–water partition coefficient (Wildman–Crippen LogP) is 3.46. The van der Waals surface area contributed by atoms with E-state index in [1.807, 2.05) is 32.0 Å². The second kappa shape index (κ2) is 6.17. The van der Waals surface area contributed by atoms with E-state index >= 15 is 0 Å². The highest BCUT2D eigenvalue weighted by Crippen LogP contribution is 2.30. The number of rotatable bonds is 5. The molecule has 2 aromatic rings. The molecule has 20 heavy (non-hydrogen) atoms. The van der Waals surface area contributed by atoms with Crippen LogP contribution in [0.25, 0.3) is 11.5 Å². The monoisotopic (exact) mass is 338 g/mol. The zero-order valence-corrected chi connectivity index (χ0v) is 12.8. The van der Waals surface area contributed by atoms with Crippen LogP contribution in [0.4, 0.5) is 0 Å². The van der Waals surface area contributed by atoms with E-state index in [1.54, 1.807) is 0 Å². The van der Waals surface area contributed by atoms with Gasteiger partial charge in [0, 0.05) is 17.3 Å². The van der Waals surface area contributed by atoms with Gasteiger partial charge in [-0.05, 0) is 40.4 Å². The van der Waals surface area contributed by atoms with E-state index in [9.17, 15) is 4.79 Å². The Morgan fingerprint density at radius 3 is 2.90 bits per heavy atom. The largest absolute Gasteiger partial charge is 0.481 e. The van der Waals surface area contributed by atoms with Gasteiger partial charge in [-0.25, -0.2) is 0 Å². The Balaban J connectivity index is 2.17. The van der Waals surface area contributed by atoms with Crippen LogP contribution in [0.1, 0.15) is 24.8 Å². The van der Waals surface area contributed by atoms with Crippen LogP contribution in [-0.4, -0.2) is 21.3 Å². The predicted molar refractivity (Wildman–Crippen MR) is 77.3 cm³/mol. The zero-order chi connectivity index (χ0) is 14.7. The molecule has 0 aliphatic heterocycles. The molecule has 0 spiro atoms. The summed E-state index contributed by atoms with van der Waals surface area (Å²) in [5.74, 6) is 0.0423. The zero-order valence-electron chi connectivity index (χ0n) is 11.3. The van der Waals surface area contributed by atoms with Crippen LogP contribution in [0.15, 0.2) is 27.1 Å². The van der Waals surface area contributed by atoms with Crippen molar-refractivity contribution in [3.63, 3.8) is 0 Å². The summed E-state index contributed by atoms with van der Waals surface area (Å²) in [7, 11) is 0. The van der Waals surface area contributed by atoms with E-state index < -0.39 is 5.97 Å². The molecular formula is C14H15BrN2O3. The Kier molecular flexibility index (Phi) is 4.54. The Labute approximate surface area is 125 Å². The summed E-state index contributed by atoms with van der Waals surface area (Å²) in [6, 6.07) is 5.81. The van der Waals surface area contributed by atoms with Crippen molar-refractivity contribution in [1.82, 2.24) is 10.2 Å². The number of halogens is 1. The van der Waals surface area contributed by atoms with Gasteiger partial charge < -0.3 is 9.52 Å². The standard InChI is InChI=1S/C14H15BrN2O3/c1-8(7-12(18)19)6-11-16-17-14(20-11)10-5-3-4-9(2)13(10)15/h3-5,8H,6-7H2,1-2H3,(H,18,19). The second-order valence-corrected chi connectivity index (χ2v) is 5.64. The average molecular weight is 339 g/mol. The van der Waals surface area contributed by atoms with Gasteiger partial charge in [0.05, 0.1) is 5.56 Å². The third-order valence-electron chi connectivity index (χ3n) is 2.94. The molecule has 0 aliphatic carbocycles. The number of carbonyl (C=O) groups is 1. The minimum Gasteiger partial charge on any atom is -0.481 e. The molecule has 0 saturated heterocycles. The molecule has 0 amide bonds. The Hall–Kier alpha value is -1.69. The van der Waals surface area contributed by atoms with Crippen molar-refractivity contribution in [2.75, 3.05) is 0 Å². The highest BCUT2D eigenvalue weighted by Gasteiger charge is 2.16. The molecule has 0 bridgehead atoms. The lowest BCUT2D eigenvalue weighted by Crippen LogP contribution is -2.07. The van der Waals surface area contributed by atoms with Gasteiger partial charge in [0.1, 0.15) is 0 Å². The number of aliphatic carboxylic acids is 1. The summed E-state index contributed by atoms with van der Waals surface area (Å²) in [6.07, 6.45) is 0.550. The van der Waals surface area contributed by atoms with Gasteiger partial charge in [0.2, 0.25) is 11.8 Å². The van der Waals surface area contributed by atoms with Crippen LogP contribution in [0.2, 0.25) is 0 Å². The fourth-order valence-electron chi connectivity index (χ4n) is 1.93. The van der Waals surface area contributed by atoms with Crippen molar-refractivity contribution in [2.24, 2.45) is 5.92 Å². The minimum absolute atomic E-state index is 0.0400. The van der Waals surface area contributed by atoms with Crippen molar-refractivity contribution < 1.29 is 14.3 Å². The van der Waals surface area contributed by atoms with Crippen LogP contribution >= 0.6 is 15.9 Å². The molecule has 2 rings (SSSR count). The molecule has 1 aromatic heterocycles. The summed E-state index contributed by atoms with van der Waals surface area (Å²) >= 11 is 3.50. The molecule has 5 nitrogen and oxygen atoms in total. The molecule has 6 heteroatoms. The Bertz CT molecular complexity index is 625. The topological polar surface area (TPSA) is 76.2 Å². The van der Waals surface area contributed by atoms with Gasteiger partial charge >= 0.3 is 5.97 Å². The summed E-state index contributed by atoms with van der Waals surface area (Å²) in [4.78, 5) is 10.6. The number of hydrogen-bond donors (Lipinski definition) is 1. The maximum absolute atomic E-state index is 10.6. The number of aryl methyl sites for hydroxylation is 1. The maximum Gasteiger partial charge on any atom is 0.303 e. The molecule has 0 fully saturated rings. The maximum atomic E-state index is 10.6. The number of benzene rings is 1. The third kappa shape index (κ3) is 3.45. The van der Waals surface area contributed by atoms with E-state index in [0.717, 1.165) is 15.6 Å². The van der Waals surface area contributed by atoms with Crippen LogP contribution in [0.5, 0.6) is 0 Å². The summed E-state index contributed by atoms with van der Waals surface area (Å²) in [5.41, 5.74) is 1.93. The van der Waals surface area contributed by atoms with Gasteiger partial charge in [-0.3, -0.25) is 4.79 Å². The molecule has 1 unspecified atom stereocenters. The van der Waals surface area contributed by atoms with Crippen molar-refractivity contribution in [2.45, 2.75) is 26.7 Å². The van der Waals surface area contributed by atoms with E-state index in [0.29, 0.717) is 18.2 Å². The Morgan fingerprint density at radius 2 is 2.20 bits per heavy atom. The highest BCUT2D eigenvalue weighted by molar-refractivity contribution is 9.10. The van der Waals surface area contributed by atoms with Crippen molar-refractivity contribution in [3.05, 3.63) is 34.1 Å². The highest BCUT2D eigenvalue weighted by atomic mass is 79.9. The summed E-state index contributed by atoms with van der Waals surface area (Å²) < 4.78 is 6.54. The number of carboxylic acid groups (broad SMARTS) is 1. The normalized spacial score (nSPS) is 12.3. The molecule has 106 valence electrons. The first kappa shape index (κ1) is 14.7. The molecular weight excluding hydrogens is 324 g/mol. The molecule has 0 saturated carbocycles. The average Bonchev–Trinajstić information content (AvgIpc) is 2.79. The van der Waals surface area contributed by atoms with Crippen molar-refractivity contribution in [1.29, 1.82) is 0 Å². The lowest BCUT2D eigenvalue weighted by atomic mass is 10.0. The van der Waals surface area contributed by atoms with Crippen LogP contribution in [0, 0.1) is 12.8 Å². The Morgan fingerprint density at radius 1 is 1.45 bits per heavy atom. The molecule has 1 N–H and O–H groups in total. The number of carboxylic acids is 1. The second-order valence-electron chi connectivity index (χ2n) is 4.84. The smallest absolute Gasteiger partial charge is 0.303 e. The van der Waals surface area contributed by atoms with Crippen molar-refractivity contribution in [3.8, 4) is 11.5 Å². The lowest BCUT2D eigenvalue weighted by Gasteiger charge is -2.04. The first-order valence-electron chi connectivity index (χ1n) is 6.27. The number of hydrogen-bond acceptors (Lipinski definition) is 4. The van der Waals surface area contributed by atoms with Gasteiger partial charge in [-0.2, -0.15) is 0 Å².